The minimum Gasteiger partial charge on any atom is -0.354 e. The predicted molar refractivity (Wildman–Crippen MR) is 120 cm³/mol. The molecule has 1 aromatic heterocycles. The Balaban J connectivity index is 1.55. The Labute approximate surface area is 169 Å². The van der Waals surface area contributed by atoms with Crippen LogP contribution in [0, 0.1) is 0 Å². The Kier molecular flexibility index (Phi) is 4.34. The fourth-order valence-corrected chi connectivity index (χ4v) is 3.90. The van der Waals surface area contributed by atoms with Crippen LogP contribution in [0.1, 0.15) is 5.56 Å². The number of H-pyrrole nitrogens is 1. The zero-order chi connectivity index (χ0) is 19.6. The van der Waals surface area contributed by atoms with Gasteiger partial charge < -0.3 is 10.3 Å². The van der Waals surface area contributed by atoms with E-state index < -0.39 is 0 Å². The summed E-state index contributed by atoms with van der Waals surface area (Å²) < 4.78 is 0. The van der Waals surface area contributed by atoms with Gasteiger partial charge in [0.25, 0.3) is 0 Å². The van der Waals surface area contributed by atoms with Gasteiger partial charge in [-0.05, 0) is 17.7 Å². The molecule has 0 bridgehead atoms. The summed E-state index contributed by atoms with van der Waals surface area (Å²) in [5.74, 6) is -0.0209. The molecule has 0 aliphatic rings. The number of hydrogen-bond donors (Lipinski definition) is 2. The average Bonchev–Trinajstić information content (AvgIpc) is 3.14. The summed E-state index contributed by atoms with van der Waals surface area (Å²) in [6.45, 7) is 0. The molecule has 5 aromatic rings. The van der Waals surface area contributed by atoms with Gasteiger partial charge in [-0.15, -0.1) is 0 Å². The first-order valence-electron chi connectivity index (χ1n) is 9.72. The minimum atomic E-state index is -0.0209. The van der Waals surface area contributed by atoms with Gasteiger partial charge in [-0.25, -0.2) is 0 Å². The summed E-state index contributed by atoms with van der Waals surface area (Å²) in [7, 11) is 0. The van der Waals surface area contributed by atoms with Crippen LogP contribution < -0.4 is 5.32 Å². The van der Waals surface area contributed by atoms with E-state index in [-0.39, 0.29) is 5.91 Å². The molecule has 140 valence electrons. The minimum absolute atomic E-state index is 0.0209. The molecule has 0 saturated heterocycles. The van der Waals surface area contributed by atoms with Gasteiger partial charge in [0.1, 0.15) is 0 Å². The van der Waals surface area contributed by atoms with Crippen molar-refractivity contribution in [2.75, 3.05) is 5.32 Å². The van der Waals surface area contributed by atoms with Gasteiger partial charge in [-0.3, -0.25) is 4.79 Å². The molecular formula is C26H20N2O. The topological polar surface area (TPSA) is 44.9 Å². The molecule has 0 fully saturated rings. The van der Waals surface area contributed by atoms with E-state index >= 15 is 0 Å². The molecule has 0 spiro atoms. The largest absolute Gasteiger partial charge is 0.354 e. The van der Waals surface area contributed by atoms with Crippen LogP contribution in [-0.4, -0.2) is 10.9 Å². The number of carbonyl (C=O) groups excluding carboxylic acids is 1. The average molecular weight is 376 g/mol. The maximum absolute atomic E-state index is 12.7. The Morgan fingerprint density at radius 3 is 2.28 bits per heavy atom. The van der Waals surface area contributed by atoms with Crippen molar-refractivity contribution in [2.24, 2.45) is 0 Å². The van der Waals surface area contributed by atoms with Gasteiger partial charge in [0.15, 0.2) is 0 Å². The third-order valence-electron chi connectivity index (χ3n) is 5.24. The predicted octanol–water partition coefficient (Wildman–Crippen LogP) is 6.17. The van der Waals surface area contributed by atoms with Crippen molar-refractivity contribution >= 4 is 33.4 Å². The maximum atomic E-state index is 12.7. The summed E-state index contributed by atoms with van der Waals surface area (Å²) in [6.07, 6.45) is 0.353. The number of carbonyl (C=O) groups is 1. The highest BCUT2D eigenvalue weighted by molar-refractivity contribution is 6.13. The molecule has 4 aromatic carbocycles. The first kappa shape index (κ1) is 17.3. The summed E-state index contributed by atoms with van der Waals surface area (Å²) in [5.41, 5.74) is 6.10. The highest BCUT2D eigenvalue weighted by Crippen LogP contribution is 2.36. The SMILES string of the molecule is O=C(Cc1ccccc1)Nc1ccccc1-c1cccc2c1[nH]c1ccccc12. The zero-order valence-electron chi connectivity index (χ0n) is 15.9. The molecular weight excluding hydrogens is 356 g/mol. The number of hydrogen-bond acceptors (Lipinski definition) is 1. The van der Waals surface area contributed by atoms with Crippen LogP contribution in [0.2, 0.25) is 0 Å². The van der Waals surface area contributed by atoms with Crippen molar-refractivity contribution in [2.45, 2.75) is 6.42 Å². The molecule has 0 radical (unpaired) electrons. The molecule has 0 saturated carbocycles. The second-order valence-corrected chi connectivity index (χ2v) is 7.15. The van der Waals surface area contributed by atoms with Crippen LogP contribution in [-0.2, 0) is 11.2 Å². The number of amides is 1. The van der Waals surface area contributed by atoms with E-state index in [9.17, 15) is 4.79 Å². The number of fused-ring (bicyclic) bond motifs is 3. The Morgan fingerprint density at radius 2 is 1.38 bits per heavy atom. The molecule has 0 atom stereocenters. The molecule has 3 heteroatoms. The fourth-order valence-electron chi connectivity index (χ4n) is 3.90. The lowest BCUT2D eigenvalue weighted by molar-refractivity contribution is -0.115. The van der Waals surface area contributed by atoms with Crippen LogP contribution in [0.4, 0.5) is 5.69 Å². The van der Waals surface area contributed by atoms with Gasteiger partial charge >= 0.3 is 0 Å². The smallest absolute Gasteiger partial charge is 0.228 e. The van der Waals surface area contributed by atoms with Crippen LogP contribution >= 0.6 is 0 Å². The number of anilines is 1. The van der Waals surface area contributed by atoms with Gasteiger partial charge in [-0.2, -0.15) is 0 Å². The Hall–Kier alpha value is -3.85. The number of aromatic amines is 1. The van der Waals surface area contributed by atoms with Crippen LogP contribution in [0.25, 0.3) is 32.9 Å². The molecule has 1 heterocycles. The van der Waals surface area contributed by atoms with Gasteiger partial charge in [0.2, 0.25) is 5.91 Å². The van der Waals surface area contributed by atoms with Gasteiger partial charge in [-0.1, -0.05) is 84.9 Å². The van der Waals surface area contributed by atoms with Crippen molar-refractivity contribution in [1.82, 2.24) is 4.98 Å². The number of benzene rings is 4. The lowest BCUT2D eigenvalue weighted by atomic mass is 10.00. The van der Waals surface area contributed by atoms with E-state index in [2.05, 4.69) is 52.8 Å². The molecule has 3 nitrogen and oxygen atoms in total. The van der Waals surface area contributed by atoms with Crippen molar-refractivity contribution in [3.05, 3.63) is 103 Å². The van der Waals surface area contributed by atoms with E-state index in [4.69, 9.17) is 0 Å². The number of nitrogens with one attached hydrogen (secondary N) is 2. The second kappa shape index (κ2) is 7.28. The lowest BCUT2D eigenvalue weighted by Gasteiger charge is -2.12. The van der Waals surface area contributed by atoms with E-state index in [0.29, 0.717) is 6.42 Å². The van der Waals surface area contributed by atoms with Crippen LogP contribution in [0.15, 0.2) is 97.1 Å². The van der Waals surface area contributed by atoms with E-state index in [1.165, 1.54) is 10.8 Å². The monoisotopic (exact) mass is 376 g/mol. The fraction of sp³-hybridized carbons (Fsp3) is 0.0385. The van der Waals surface area contributed by atoms with Crippen LogP contribution in [0.5, 0.6) is 0 Å². The number of rotatable bonds is 4. The summed E-state index contributed by atoms with van der Waals surface area (Å²) >= 11 is 0. The molecule has 5 rings (SSSR count). The Bertz CT molecular complexity index is 1320. The second-order valence-electron chi connectivity index (χ2n) is 7.15. The first-order valence-corrected chi connectivity index (χ1v) is 9.72. The van der Waals surface area contributed by atoms with Crippen molar-refractivity contribution in [1.29, 1.82) is 0 Å². The summed E-state index contributed by atoms with van der Waals surface area (Å²) in [4.78, 5) is 16.2. The van der Waals surface area contributed by atoms with Crippen molar-refractivity contribution in [3.63, 3.8) is 0 Å². The van der Waals surface area contributed by atoms with E-state index in [0.717, 1.165) is 33.4 Å². The highest BCUT2D eigenvalue weighted by Gasteiger charge is 2.13. The van der Waals surface area contributed by atoms with E-state index in [1.54, 1.807) is 0 Å². The van der Waals surface area contributed by atoms with Crippen molar-refractivity contribution < 1.29 is 4.79 Å². The first-order chi connectivity index (χ1) is 14.3. The standard InChI is InChI=1S/C26H20N2O/c29-25(17-18-9-2-1-3-10-18)27-23-15-6-4-11-19(23)21-13-8-14-22-20-12-5-7-16-24(20)28-26(21)22/h1-16,28H,17H2,(H,27,29). The third kappa shape index (κ3) is 3.27. The molecule has 29 heavy (non-hydrogen) atoms. The van der Waals surface area contributed by atoms with Gasteiger partial charge in [0, 0.05) is 33.1 Å². The molecule has 0 aliphatic heterocycles. The molecule has 0 aliphatic carbocycles. The Morgan fingerprint density at radius 1 is 0.690 bits per heavy atom. The lowest BCUT2D eigenvalue weighted by Crippen LogP contribution is -2.15. The maximum Gasteiger partial charge on any atom is 0.228 e. The van der Waals surface area contributed by atoms with Crippen molar-refractivity contribution in [3.8, 4) is 11.1 Å². The van der Waals surface area contributed by atoms with Crippen LogP contribution in [0.3, 0.4) is 0 Å². The third-order valence-corrected chi connectivity index (χ3v) is 5.24. The molecule has 0 unspecified atom stereocenters. The quantitative estimate of drug-likeness (QED) is 0.387. The molecule has 2 N–H and O–H groups in total. The number of para-hydroxylation sites is 3. The number of aromatic nitrogens is 1. The zero-order valence-corrected chi connectivity index (χ0v) is 15.9. The van der Waals surface area contributed by atoms with E-state index in [1.807, 2.05) is 54.6 Å². The normalized spacial score (nSPS) is 11.0. The summed E-state index contributed by atoms with van der Waals surface area (Å²) in [5, 5.41) is 5.49. The highest BCUT2D eigenvalue weighted by atomic mass is 16.1. The summed E-state index contributed by atoms with van der Waals surface area (Å²) in [6, 6.07) is 32.4. The molecule has 1 amide bonds. The van der Waals surface area contributed by atoms with Gasteiger partial charge in [0.05, 0.1) is 11.9 Å².